The zero-order valence-electron chi connectivity index (χ0n) is 19.8. The van der Waals surface area contributed by atoms with Crippen LogP contribution < -0.4 is 13.8 Å². The van der Waals surface area contributed by atoms with Gasteiger partial charge in [0.1, 0.15) is 11.3 Å². The highest BCUT2D eigenvalue weighted by molar-refractivity contribution is 7.92. The van der Waals surface area contributed by atoms with Crippen LogP contribution in [0.5, 0.6) is 11.6 Å². The second kappa shape index (κ2) is 8.30. The Morgan fingerprint density at radius 3 is 2.71 bits per heavy atom. The molecule has 1 aliphatic carbocycles. The molecule has 2 aliphatic rings. The van der Waals surface area contributed by atoms with Gasteiger partial charge in [-0.15, -0.1) is 0 Å². The fourth-order valence-corrected chi connectivity index (χ4v) is 6.40. The van der Waals surface area contributed by atoms with Gasteiger partial charge in [-0.25, -0.2) is 13.4 Å². The number of anilines is 1. The Kier molecular flexibility index (Phi) is 5.21. The second-order valence-electron chi connectivity index (χ2n) is 9.24. The van der Waals surface area contributed by atoms with Gasteiger partial charge in [0.25, 0.3) is 10.0 Å². The van der Waals surface area contributed by atoms with Gasteiger partial charge in [-0.2, -0.15) is 0 Å². The molecule has 3 heterocycles. The van der Waals surface area contributed by atoms with E-state index in [1.807, 2.05) is 48.1 Å². The third-order valence-electron chi connectivity index (χ3n) is 6.89. The van der Waals surface area contributed by atoms with Crippen LogP contribution in [0.1, 0.15) is 18.4 Å². The third kappa shape index (κ3) is 3.72. The van der Waals surface area contributed by atoms with Crippen LogP contribution in [0.2, 0.25) is 0 Å². The predicted molar refractivity (Wildman–Crippen MR) is 136 cm³/mol. The maximum Gasteiger partial charge on any atom is 0.264 e. The number of benzene rings is 2. The zero-order valence-corrected chi connectivity index (χ0v) is 20.6. The highest BCUT2D eigenvalue weighted by Crippen LogP contribution is 2.42. The zero-order chi connectivity index (χ0) is 24.2. The number of methoxy groups -OCH3 is 1. The Bertz CT molecular complexity index is 1540. The summed E-state index contributed by atoms with van der Waals surface area (Å²) in [5, 5.41) is 0.927. The van der Waals surface area contributed by atoms with E-state index in [1.165, 1.54) is 17.1 Å². The summed E-state index contributed by atoms with van der Waals surface area (Å²) in [4.78, 5) is 4.59. The van der Waals surface area contributed by atoms with Crippen LogP contribution in [0, 0.1) is 5.92 Å². The Balaban J connectivity index is 1.49. The van der Waals surface area contributed by atoms with Crippen molar-refractivity contribution in [1.29, 1.82) is 0 Å². The van der Waals surface area contributed by atoms with Gasteiger partial charge in [0.15, 0.2) is 0 Å². The summed E-state index contributed by atoms with van der Waals surface area (Å²) < 4.78 is 42.8. The monoisotopic (exact) mass is 489 g/mol. The lowest BCUT2D eigenvalue weighted by Crippen LogP contribution is -2.29. The molecule has 0 atom stereocenters. The van der Waals surface area contributed by atoms with E-state index in [1.54, 1.807) is 31.5 Å². The standard InChI is InChI=1S/C27H27N3O4S/c1-29-16-23(21-11-13-28-27(33-2)26(21)29)22-15-20(9-10-25(22)34-17-18-7-8-18)35(31,32)30-14-12-19-5-3-4-6-24(19)30/h3-6,9-11,13,15-16,18H,7-8,12,14,17H2,1-2H3. The molecule has 2 aromatic heterocycles. The van der Waals surface area contributed by atoms with Crippen molar-refractivity contribution < 1.29 is 17.9 Å². The van der Waals surface area contributed by atoms with Crippen LogP contribution in [0.4, 0.5) is 5.69 Å². The number of sulfonamides is 1. The van der Waals surface area contributed by atoms with Crippen molar-refractivity contribution in [3.63, 3.8) is 0 Å². The Morgan fingerprint density at radius 1 is 1.09 bits per heavy atom. The van der Waals surface area contributed by atoms with E-state index in [-0.39, 0.29) is 4.90 Å². The number of aryl methyl sites for hydroxylation is 1. The molecule has 1 fully saturated rings. The average Bonchev–Trinajstić information content (AvgIpc) is 3.50. The normalized spacial score (nSPS) is 15.4. The fraction of sp³-hybridized carbons (Fsp3) is 0.296. The number of aromatic nitrogens is 2. The molecule has 0 spiro atoms. The van der Waals surface area contributed by atoms with Gasteiger partial charge in [0.05, 0.1) is 24.3 Å². The largest absolute Gasteiger partial charge is 0.493 e. The molecular formula is C27H27N3O4S. The third-order valence-corrected chi connectivity index (χ3v) is 8.70. The smallest absolute Gasteiger partial charge is 0.264 e. The van der Waals surface area contributed by atoms with Crippen LogP contribution in [0.15, 0.2) is 65.8 Å². The molecule has 0 amide bonds. The Hall–Kier alpha value is -3.52. The van der Waals surface area contributed by atoms with E-state index >= 15 is 0 Å². The van der Waals surface area contributed by atoms with Gasteiger partial charge in [-0.05, 0) is 61.1 Å². The predicted octanol–water partition coefficient (Wildman–Crippen LogP) is 4.79. The SMILES string of the molecule is COc1nccc2c(-c3cc(S(=O)(=O)N4CCc5ccccc54)ccc3OCC3CC3)cn(C)c12. The first-order chi connectivity index (χ1) is 17.0. The van der Waals surface area contributed by atoms with Crippen molar-refractivity contribution in [2.75, 3.05) is 24.6 Å². The van der Waals surface area contributed by atoms with Crippen LogP contribution in [0.25, 0.3) is 22.0 Å². The molecule has 0 N–H and O–H groups in total. The number of rotatable bonds is 7. The lowest BCUT2D eigenvalue weighted by Gasteiger charge is -2.21. The summed E-state index contributed by atoms with van der Waals surface area (Å²) in [6.07, 6.45) is 6.74. The average molecular weight is 490 g/mol. The number of pyridine rings is 1. The quantitative estimate of drug-likeness (QED) is 0.373. The number of fused-ring (bicyclic) bond motifs is 2. The molecule has 180 valence electrons. The summed E-state index contributed by atoms with van der Waals surface area (Å²) in [7, 11) is -0.214. The van der Waals surface area contributed by atoms with Crippen molar-refractivity contribution >= 4 is 26.6 Å². The number of para-hydroxylation sites is 1. The number of nitrogens with zero attached hydrogens (tertiary/aromatic N) is 3. The van der Waals surface area contributed by atoms with Crippen molar-refractivity contribution in [1.82, 2.24) is 9.55 Å². The van der Waals surface area contributed by atoms with E-state index in [0.29, 0.717) is 37.1 Å². The van der Waals surface area contributed by atoms with Gasteiger partial charge in [0, 0.05) is 42.5 Å². The molecule has 0 radical (unpaired) electrons. The van der Waals surface area contributed by atoms with E-state index in [4.69, 9.17) is 9.47 Å². The topological polar surface area (TPSA) is 73.7 Å². The molecule has 7 nitrogen and oxygen atoms in total. The Morgan fingerprint density at radius 2 is 1.91 bits per heavy atom. The molecule has 0 unspecified atom stereocenters. The maximum absolute atomic E-state index is 13.8. The van der Waals surface area contributed by atoms with E-state index in [2.05, 4.69) is 4.98 Å². The summed E-state index contributed by atoms with van der Waals surface area (Å²) in [5.41, 5.74) is 4.28. The van der Waals surface area contributed by atoms with Crippen LogP contribution in [0.3, 0.4) is 0 Å². The van der Waals surface area contributed by atoms with E-state index in [0.717, 1.165) is 33.3 Å². The summed E-state index contributed by atoms with van der Waals surface area (Å²) >= 11 is 0. The summed E-state index contributed by atoms with van der Waals surface area (Å²) in [6, 6.07) is 14.8. The summed E-state index contributed by atoms with van der Waals surface area (Å²) in [6.45, 7) is 1.07. The van der Waals surface area contributed by atoms with Crippen LogP contribution >= 0.6 is 0 Å². The lowest BCUT2D eigenvalue weighted by atomic mass is 10.0. The molecule has 6 rings (SSSR count). The maximum atomic E-state index is 13.8. The van der Waals surface area contributed by atoms with Gasteiger partial charge in [-0.3, -0.25) is 4.31 Å². The number of hydrogen-bond donors (Lipinski definition) is 0. The molecular weight excluding hydrogens is 462 g/mol. The van der Waals surface area contributed by atoms with Crippen molar-refractivity contribution in [2.24, 2.45) is 13.0 Å². The minimum Gasteiger partial charge on any atom is -0.493 e. The van der Waals surface area contributed by atoms with Crippen molar-refractivity contribution in [3.8, 4) is 22.8 Å². The molecule has 1 saturated carbocycles. The highest BCUT2D eigenvalue weighted by Gasteiger charge is 2.32. The second-order valence-corrected chi connectivity index (χ2v) is 11.1. The first-order valence-corrected chi connectivity index (χ1v) is 13.3. The van der Waals surface area contributed by atoms with Crippen LogP contribution in [-0.4, -0.2) is 38.2 Å². The van der Waals surface area contributed by atoms with Gasteiger partial charge in [0.2, 0.25) is 5.88 Å². The van der Waals surface area contributed by atoms with E-state index < -0.39 is 10.0 Å². The number of ether oxygens (including phenoxy) is 2. The molecule has 4 aromatic rings. The number of hydrogen-bond acceptors (Lipinski definition) is 5. The van der Waals surface area contributed by atoms with Gasteiger partial charge in [-0.1, -0.05) is 18.2 Å². The molecule has 0 bridgehead atoms. The minimum atomic E-state index is -3.74. The minimum absolute atomic E-state index is 0.251. The van der Waals surface area contributed by atoms with Gasteiger partial charge < -0.3 is 14.0 Å². The Labute approximate surface area is 205 Å². The molecule has 8 heteroatoms. The van der Waals surface area contributed by atoms with Gasteiger partial charge >= 0.3 is 0 Å². The van der Waals surface area contributed by atoms with Crippen molar-refractivity contribution in [3.05, 3.63) is 66.5 Å². The van der Waals surface area contributed by atoms with E-state index in [9.17, 15) is 8.42 Å². The first-order valence-electron chi connectivity index (χ1n) is 11.8. The first kappa shape index (κ1) is 22.0. The summed E-state index contributed by atoms with van der Waals surface area (Å²) in [5.74, 6) is 1.78. The highest BCUT2D eigenvalue weighted by atomic mass is 32.2. The molecule has 2 aromatic carbocycles. The molecule has 35 heavy (non-hydrogen) atoms. The lowest BCUT2D eigenvalue weighted by molar-refractivity contribution is 0.301. The van der Waals surface area contributed by atoms with Crippen LogP contribution in [-0.2, 0) is 23.5 Å². The molecule has 0 saturated heterocycles. The fourth-order valence-electron chi connectivity index (χ4n) is 4.87. The van der Waals surface area contributed by atoms with Crippen molar-refractivity contribution in [2.45, 2.75) is 24.2 Å². The molecule has 1 aliphatic heterocycles.